The van der Waals surface area contributed by atoms with E-state index in [2.05, 4.69) is 20.8 Å². The third kappa shape index (κ3) is 5.35. The van der Waals surface area contributed by atoms with Gasteiger partial charge in [-0.3, -0.25) is 14.5 Å². The maximum Gasteiger partial charge on any atom is 0.295 e. The first-order valence-corrected chi connectivity index (χ1v) is 12.4. The molecule has 2 heterocycles. The second kappa shape index (κ2) is 11.2. The first kappa shape index (κ1) is 24.4. The van der Waals surface area contributed by atoms with E-state index in [1.165, 1.54) is 0 Å². The van der Waals surface area contributed by atoms with Gasteiger partial charge in [0.1, 0.15) is 11.5 Å². The van der Waals surface area contributed by atoms with Crippen LogP contribution in [0.2, 0.25) is 0 Å². The Hall–Kier alpha value is -2.68. The van der Waals surface area contributed by atoms with Crippen LogP contribution in [0.5, 0.6) is 5.75 Å². The lowest BCUT2D eigenvalue weighted by Gasteiger charge is -2.31. The van der Waals surface area contributed by atoms with E-state index in [9.17, 15) is 14.7 Å². The van der Waals surface area contributed by atoms with Crippen LogP contribution < -0.4 is 4.74 Å². The second-order valence-electron chi connectivity index (χ2n) is 8.37. The number of aliphatic hydroxyl groups excluding tert-OH is 1. The molecule has 2 aliphatic heterocycles. The van der Waals surface area contributed by atoms with E-state index in [0.717, 1.165) is 29.5 Å². The SMILES string of the molecule is CCCOc1ccc(/C(O)=C2\C(=O)C(=O)N(CCN3CCOCC3)C2c2cccc(Br)c2)cc1. The monoisotopic (exact) mass is 528 g/mol. The first-order chi connectivity index (χ1) is 16.5. The third-order valence-corrected chi connectivity index (χ3v) is 6.56. The Morgan fingerprint density at radius 1 is 1.12 bits per heavy atom. The second-order valence-corrected chi connectivity index (χ2v) is 9.29. The topological polar surface area (TPSA) is 79.3 Å². The molecular formula is C26H29BrN2O5. The fraction of sp³-hybridized carbons (Fsp3) is 0.385. The highest BCUT2D eigenvalue weighted by molar-refractivity contribution is 9.10. The van der Waals surface area contributed by atoms with Crippen LogP contribution in [0.15, 0.2) is 58.6 Å². The third-order valence-electron chi connectivity index (χ3n) is 6.07. The molecule has 0 aliphatic carbocycles. The summed E-state index contributed by atoms with van der Waals surface area (Å²) < 4.78 is 11.9. The lowest BCUT2D eigenvalue weighted by Crippen LogP contribution is -2.42. The molecule has 34 heavy (non-hydrogen) atoms. The Bertz CT molecular complexity index is 1060. The number of nitrogens with zero attached hydrogens (tertiary/aromatic N) is 2. The molecule has 2 aromatic rings. The van der Waals surface area contributed by atoms with E-state index in [1.807, 2.05) is 31.2 Å². The molecule has 180 valence electrons. The molecule has 1 amide bonds. The number of ketones is 1. The minimum atomic E-state index is -0.672. The van der Waals surface area contributed by atoms with Gasteiger partial charge in [0, 0.05) is 36.2 Å². The number of rotatable bonds is 8. The molecule has 2 aliphatic rings. The number of carbonyl (C=O) groups is 2. The van der Waals surface area contributed by atoms with Gasteiger partial charge in [0.2, 0.25) is 0 Å². The zero-order chi connectivity index (χ0) is 24.1. The van der Waals surface area contributed by atoms with Gasteiger partial charge in [-0.15, -0.1) is 0 Å². The van der Waals surface area contributed by atoms with Crippen LogP contribution in [0.25, 0.3) is 5.76 Å². The number of benzene rings is 2. The molecule has 0 aromatic heterocycles. The maximum atomic E-state index is 13.2. The predicted molar refractivity (Wildman–Crippen MR) is 133 cm³/mol. The van der Waals surface area contributed by atoms with Gasteiger partial charge in [-0.05, 0) is 48.4 Å². The summed E-state index contributed by atoms with van der Waals surface area (Å²) in [5.41, 5.74) is 1.34. The largest absolute Gasteiger partial charge is 0.507 e. The number of ether oxygens (including phenoxy) is 2. The average Bonchev–Trinajstić information content (AvgIpc) is 3.11. The lowest BCUT2D eigenvalue weighted by molar-refractivity contribution is -0.140. The summed E-state index contributed by atoms with van der Waals surface area (Å²) in [6.07, 6.45) is 0.891. The number of hydrogen-bond acceptors (Lipinski definition) is 6. The van der Waals surface area contributed by atoms with E-state index >= 15 is 0 Å². The normalized spacial score (nSPS) is 20.6. The van der Waals surface area contributed by atoms with Crippen molar-refractivity contribution in [2.75, 3.05) is 46.0 Å². The summed E-state index contributed by atoms with van der Waals surface area (Å²) in [4.78, 5) is 30.1. The smallest absolute Gasteiger partial charge is 0.295 e. The summed E-state index contributed by atoms with van der Waals surface area (Å²) in [7, 11) is 0. The number of morpholine rings is 1. The molecule has 0 saturated carbocycles. The molecule has 0 spiro atoms. The van der Waals surface area contributed by atoms with Crippen molar-refractivity contribution in [3.63, 3.8) is 0 Å². The molecular weight excluding hydrogens is 500 g/mol. The van der Waals surface area contributed by atoms with Crippen LogP contribution in [0.3, 0.4) is 0 Å². The molecule has 1 atom stereocenters. The standard InChI is InChI=1S/C26H29BrN2O5/c1-2-14-34-21-8-6-18(7-9-21)24(30)22-23(19-4-3-5-20(27)17-19)29(26(32)25(22)31)11-10-28-12-15-33-16-13-28/h3-9,17,23,30H,2,10-16H2,1H3/b24-22+. The van der Waals surface area contributed by atoms with E-state index in [-0.39, 0.29) is 11.3 Å². The molecule has 2 saturated heterocycles. The number of likely N-dealkylation sites (tertiary alicyclic amines) is 1. The van der Waals surface area contributed by atoms with Crippen molar-refractivity contribution in [1.29, 1.82) is 0 Å². The van der Waals surface area contributed by atoms with Crippen molar-refractivity contribution in [3.8, 4) is 5.75 Å². The Balaban J connectivity index is 1.68. The van der Waals surface area contributed by atoms with Gasteiger partial charge < -0.3 is 19.5 Å². The fourth-order valence-electron chi connectivity index (χ4n) is 4.29. The minimum Gasteiger partial charge on any atom is -0.507 e. The van der Waals surface area contributed by atoms with Crippen LogP contribution in [0.1, 0.15) is 30.5 Å². The van der Waals surface area contributed by atoms with E-state index in [1.54, 1.807) is 29.2 Å². The minimum absolute atomic E-state index is 0.104. The van der Waals surface area contributed by atoms with E-state index < -0.39 is 17.7 Å². The zero-order valence-electron chi connectivity index (χ0n) is 19.2. The summed E-state index contributed by atoms with van der Waals surface area (Å²) in [5, 5.41) is 11.2. The quantitative estimate of drug-likeness (QED) is 0.317. The molecule has 7 nitrogen and oxygen atoms in total. The van der Waals surface area contributed by atoms with Crippen LogP contribution in [-0.4, -0.2) is 72.6 Å². The van der Waals surface area contributed by atoms with Gasteiger partial charge in [0.15, 0.2) is 0 Å². The average molecular weight is 529 g/mol. The van der Waals surface area contributed by atoms with Crippen molar-refractivity contribution in [2.24, 2.45) is 0 Å². The maximum absolute atomic E-state index is 13.2. The number of halogens is 1. The van der Waals surface area contributed by atoms with Crippen LogP contribution in [0, 0.1) is 0 Å². The highest BCUT2D eigenvalue weighted by atomic mass is 79.9. The highest BCUT2D eigenvalue weighted by Gasteiger charge is 2.46. The van der Waals surface area contributed by atoms with E-state index in [4.69, 9.17) is 9.47 Å². The van der Waals surface area contributed by atoms with Gasteiger partial charge in [-0.1, -0.05) is 35.0 Å². The molecule has 1 unspecified atom stereocenters. The molecule has 0 bridgehead atoms. The van der Waals surface area contributed by atoms with Gasteiger partial charge >= 0.3 is 0 Å². The number of carbonyl (C=O) groups excluding carboxylic acids is 2. The molecule has 2 fully saturated rings. The first-order valence-electron chi connectivity index (χ1n) is 11.6. The Morgan fingerprint density at radius 3 is 2.53 bits per heavy atom. The summed E-state index contributed by atoms with van der Waals surface area (Å²) in [5.74, 6) is -0.759. The van der Waals surface area contributed by atoms with Crippen LogP contribution >= 0.6 is 15.9 Å². The van der Waals surface area contributed by atoms with Gasteiger partial charge in [-0.25, -0.2) is 0 Å². The highest BCUT2D eigenvalue weighted by Crippen LogP contribution is 2.40. The van der Waals surface area contributed by atoms with Gasteiger partial charge in [-0.2, -0.15) is 0 Å². The number of hydrogen-bond donors (Lipinski definition) is 1. The number of aliphatic hydroxyl groups is 1. The Morgan fingerprint density at radius 2 is 1.85 bits per heavy atom. The van der Waals surface area contributed by atoms with Gasteiger partial charge in [0.05, 0.1) is 31.4 Å². The predicted octanol–water partition coefficient (Wildman–Crippen LogP) is 3.99. The Kier molecular flexibility index (Phi) is 8.03. The van der Waals surface area contributed by atoms with Crippen molar-refractivity contribution in [1.82, 2.24) is 9.80 Å². The molecule has 8 heteroatoms. The van der Waals surface area contributed by atoms with Gasteiger partial charge in [0.25, 0.3) is 11.7 Å². The molecule has 1 N–H and O–H groups in total. The van der Waals surface area contributed by atoms with Crippen LogP contribution in [0.4, 0.5) is 0 Å². The fourth-order valence-corrected chi connectivity index (χ4v) is 4.71. The summed E-state index contributed by atoms with van der Waals surface area (Å²) in [6.45, 7) is 6.53. The number of amides is 1. The number of Topliss-reactive ketones (excluding diaryl/α,β-unsaturated/α-hetero) is 1. The zero-order valence-corrected chi connectivity index (χ0v) is 20.8. The van der Waals surface area contributed by atoms with Crippen LogP contribution in [-0.2, 0) is 14.3 Å². The molecule has 0 radical (unpaired) electrons. The van der Waals surface area contributed by atoms with E-state index in [0.29, 0.717) is 44.2 Å². The molecule has 4 rings (SSSR count). The molecule has 2 aromatic carbocycles. The van der Waals surface area contributed by atoms with Crippen molar-refractivity contribution >= 4 is 33.4 Å². The lowest BCUT2D eigenvalue weighted by atomic mass is 9.95. The summed E-state index contributed by atoms with van der Waals surface area (Å²) >= 11 is 3.49. The van der Waals surface area contributed by atoms with Crippen molar-refractivity contribution in [2.45, 2.75) is 19.4 Å². The summed E-state index contributed by atoms with van der Waals surface area (Å²) in [6, 6.07) is 13.8. The Labute approximate surface area is 208 Å². The van der Waals surface area contributed by atoms with Crippen molar-refractivity contribution in [3.05, 3.63) is 69.7 Å². The van der Waals surface area contributed by atoms with Crippen molar-refractivity contribution < 1.29 is 24.2 Å².